The average Bonchev–Trinajstić information content (AvgIpc) is 2.58. The first-order chi connectivity index (χ1) is 10.8. The van der Waals surface area contributed by atoms with Crippen molar-refractivity contribution in [3.8, 4) is 0 Å². The van der Waals surface area contributed by atoms with Crippen LogP contribution in [-0.2, 0) is 0 Å². The summed E-state index contributed by atoms with van der Waals surface area (Å²) in [5.41, 5.74) is 0. The summed E-state index contributed by atoms with van der Waals surface area (Å²) in [6.45, 7) is 7.78. The summed E-state index contributed by atoms with van der Waals surface area (Å²) >= 11 is 0. The van der Waals surface area contributed by atoms with Crippen molar-refractivity contribution in [2.24, 2.45) is 23.7 Å². The van der Waals surface area contributed by atoms with Crippen LogP contribution in [0.3, 0.4) is 0 Å². The van der Waals surface area contributed by atoms with Crippen LogP contribution >= 0.6 is 0 Å². The third-order valence-electron chi connectivity index (χ3n) is 6.05. The SMILES string of the molecule is C=CCCC1CCC(CCC=CC2CCC(C=C)CC2)CC1. The van der Waals surface area contributed by atoms with Crippen LogP contribution in [0, 0.1) is 23.7 Å². The monoisotopic (exact) mass is 300 g/mol. The minimum Gasteiger partial charge on any atom is -0.103 e. The van der Waals surface area contributed by atoms with Gasteiger partial charge in [0.15, 0.2) is 0 Å². The standard InChI is InChI=1S/C22H36/c1-3-5-8-20-15-17-22(18-16-20)10-7-6-9-21-13-11-19(4-2)12-14-21/h3-4,6,9,19-22H,1-2,5,7-8,10-18H2. The normalized spacial score (nSPS) is 32.9. The summed E-state index contributed by atoms with van der Waals surface area (Å²) < 4.78 is 0. The molecule has 2 rings (SSSR count). The first kappa shape index (κ1) is 17.6. The summed E-state index contributed by atoms with van der Waals surface area (Å²) in [4.78, 5) is 0. The molecule has 0 N–H and O–H groups in total. The van der Waals surface area contributed by atoms with E-state index in [4.69, 9.17) is 0 Å². The summed E-state index contributed by atoms with van der Waals surface area (Å²) in [6.07, 6.45) is 25.9. The van der Waals surface area contributed by atoms with Crippen molar-refractivity contribution in [3.05, 3.63) is 37.5 Å². The van der Waals surface area contributed by atoms with Crippen LogP contribution in [0.15, 0.2) is 37.5 Å². The van der Waals surface area contributed by atoms with Gasteiger partial charge in [-0.2, -0.15) is 0 Å². The Kier molecular flexibility index (Phi) is 8.05. The number of hydrogen-bond donors (Lipinski definition) is 0. The fourth-order valence-corrected chi connectivity index (χ4v) is 4.36. The van der Waals surface area contributed by atoms with Crippen LogP contribution in [-0.4, -0.2) is 0 Å². The van der Waals surface area contributed by atoms with E-state index < -0.39 is 0 Å². The maximum atomic E-state index is 3.94. The van der Waals surface area contributed by atoms with Gasteiger partial charge in [0.2, 0.25) is 0 Å². The van der Waals surface area contributed by atoms with Crippen molar-refractivity contribution in [1.82, 2.24) is 0 Å². The Hall–Kier alpha value is -0.780. The van der Waals surface area contributed by atoms with Crippen LogP contribution in [0.2, 0.25) is 0 Å². The van der Waals surface area contributed by atoms with Gasteiger partial charge in [-0.15, -0.1) is 13.2 Å². The number of rotatable bonds is 8. The Balaban J connectivity index is 1.55. The van der Waals surface area contributed by atoms with Crippen LogP contribution in [0.1, 0.15) is 77.0 Å². The molecule has 124 valence electrons. The van der Waals surface area contributed by atoms with E-state index in [9.17, 15) is 0 Å². The van der Waals surface area contributed by atoms with E-state index in [-0.39, 0.29) is 0 Å². The van der Waals surface area contributed by atoms with E-state index in [0.717, 1.165) is 23.7 Å². The first-order valence-electron chi connectivity index (χ1n) is 9.72. The Labute approximate surface area is 138 Å². The molecule has 2 aliphatic carbocycles. The van der Waals surface area contributed by atoms with E-state index >= 15 is 0 Å². The van der Waals surface area contributed by atoms with Gasteiger partial charge in [-0.25, -0.2) is 0 Å². The highest BCUT2D eigenvalue weighted by Crippen LogP contribution is 2.34. The van der Waals surface area contributed by atoms with Crippen LogP contribution in [0.5, 0.6) is 0 Å². The van der Waals surface area contributed by atoms with Crippen LogP contribution in [0.4, 0.5) is 0 Å². The molecular formula is C22H36. The molecule has 0 heterocycles. The zero-order valence-electron chi connectivity index (χ0n) is 14.5. The van der Waals surface area contributed by atoms with Gasteiger partial charge in [0.05, 0.1) is 0 Å². The second kappa shape index (κ2) is 10.1. The van der Waals surface area contributed by atoms with Crippen molar-refractivity contribution in [3.63, 3.8) is 0 Å². The summed E-state index contributed by atoms with van der Waals surface area (Å²) in [5.74, 6) is 3.64. The van der Waals surface area contributed by atoms with E-state index in [2.05, 4.69) is 37.5 Å². The molecule has 0 nitrogen and oxygen atoms in total. The molecule has 0 aromatic carbocycles. The molecule has 0 amide bonds. The third kappa shape index (κ3) is 6.15. The number of hydrogen-bond acceptors (Lipinski definition) is 0. The Bertz CT molecular complexity index is 335. The molecule has 2 fully saturated rings. The average molecular weight is 301 g/mol. The lowest BCUT2D eigenvalue weighted by Crippen LogP contribution is -2.14. The van der Waals surface area contributed by atoms with Crippen molar-refractivity contribution in [2.45, 2.75) is 77.0 Å². The molecule has 0 atom stereocenters. The molecule has 0 heteroatoms. The van der Waals surface area contributed by atoms with Crippen molar-refractivity contribution in [1.29, 1.82) is 0 Å². The van der Waals surface area contributed by atoms with E-state index in [0.29, 0.717) is 0 Å². The minimum atomic E-state index is 0.793. The lowest BCUT2D eigenvalue weighted by molar-refractivity contribution is 0.255. The van der Waals surface area contributed by atoms with E-state index in [1.807, 2.05) is 0 Å². The van der Waals surface area contributed by atoms with Gasteiger partial charge in [0.25, 0.3) is 0 Å². The third-order valence-corrected chi connectivity index (χ3v) is 6.05. The maximum Gasteiger partial charge on any atom is -0.0233 e. The van der Waals surface area contributed by atoms with E-state index in [1.54, 1.807) is 0 Å². The lowest BCUT2D eigenvalue weighted by Gasteiger charge is -2.28. The molecule has 0 unspecified atom stereocenters. The molecular weight excluding hydrogens is 264 g/mol. The molecule has 0 aliphatic heterocycles. The first-order valence-corrected chi connectivity index (χ1v) is 9.72. The maximum absolute atomic E-state index is 3.94. The minimum absolute atomic E-state index is 0.793. The molecule has 22 heavy (non-hydrogen) atoms. The predicted molar refractivity (Wildman–Crippen MR) is 98.9 cm³/mol. The smallest absolute Gasteiger partial charge is 0.0233 e. The highest BCUT2D eigenvalue weighted by molar-refractivity contribution is 4.94. The Morgan fingerprint density at radius 1 is 0.682 bits per heavy atom. The van der Waals surface area contributed by atoms with Gasteiger partial charge < -0.3 is 0 Å². The van der Waals surface area contributed by atoms with Crippen LogP contribution < -0.4 is 0 Å². The van der Waals surface area contributed by atoms with Gasteiger partial charge in [-0.05, 0) is 75.0 Å². The molecule has 0 aromatic rings. The summed E-state index contributed by atoms with van der Waals surface area (Å²) in [6, 6.07) is 0. The Morgan fingerprint density at radius 2 is 1.23 bits per heavy atom. The van der Waals surface area contributed by atoms with Crippen LogP contribution in [0.25, 0.3) is 0 Å². The zero-order chi connectivity index (χ0) is 15.6. The van der Waals surface area contributed by atoms with Gasteiger partial charge in [0.1, 0.15) is 0 Å². The topological polar surface area (TPSA) is 0 Å². The van der Waals surface area contributed by atoms with Crippen molar-refractivity contribution in [2.75, 3.05) is 0 Å². The van der Waals surface area contributed by atoms with Gasteiger partial charge in [-0.3, -0.25) is 0 Å². The molecule has 0 spiro atoms. The fourth-order valence-electron chi connectivity index (χ4n) is 4.36. The summed E-state index contributed by atoms with van der Waals surface area (Å²) in [5, 5.41) is 0. The highest BCUT2D eigenvalue weighted by Gasteiger charge is 2.20. The van der Waals surface area contributed by atoms with Crippen molar-refractivity contribution >= 4 is 0 Å². The molecule has 2 saturated carbocycles. The van der Waals surface area contributed by atoms with Crippen molar-refractivity contribution < 1.29 is 0 Å². The molecule has 2 aliphatic rings. The molecule has 0 saturated heterocycles. The predicted octanol–water partition coefficient (Wildman–Crippen LogP) is 7.09. The lowest BCUT2D eigenvalue weighted by atomic mass is 9.78. The molecule has 0 aromatic heterocycles. The fraction of sp³-hybridized carbons (Fsp3) is 0.727. The number of allylic oxidation sites excluding steroid dienone is 4. The van der Waals surface area contributed by atoms with E-state index in [1.165, 1.54) is 77.0 Å². The Morgan fingerprint density at radius 3 is 1.77 bits per heavy atom. The van der Waals surface area contributed by atoms with Gasteiger partial charge in [-0.1, -0.05) is 50.0 Å². The summed E-state index contributed by atoms with van der Waals surface area (Å²) in [7, 11) is 0. The molecule has 0 bridgehead atoms. The second-order valence-corrected chi connectivity index (χ2v) is 7.67. The zero-order valence-corrected chi connectivity index (χ0v) is 14.5. The van der Waals surface area contributed by atoms with Gasteiger partial charge in [0, 0.05) is 0 Å². The van der Waals surface area contributed by atoms with Gasteiger partial charge >= 0.3 is 0 Å². The quantitative estimate of drug-likeness (QED) is 0.420. The largest absolute Gasteiger partial charge is 0.103 e. The second-order valence-electron chi connectivity index (χ2n) is 7.67. The molecule has 0 radical (unpaired) electrons. The highest BCUT2D eigenvalue weighted by atomic mass is 14.3.